The lowest BCUT2D eigenvalue weighted by atomic mass is 10.1. The van der Waals surface area contributed by atoms with Gasteiger partial charge in [-0.05, 0) is 72.0 Å². The van der Waals surface area contributed by atoms with E-state index in [0.717, 1.165) is 0 Å². The molecule has 8 heteroatoms. The van der Waals surface area contributed by atoms with E-state index in [-0.39, 0.29) is 11.7 Å². The second-order valence-electron chi connectivity index (χ2n) is 7.95. The number of thiocarbonyl (C=S) groups is 1. The number of esters is 1. The van der Waals surface area contributed by atoms with E-state index in [2.05, 4.69) is 10.6 Å². The molecule has 0 aromatic heterocycles. The van der Waals surface area contributed by atoms with Crippen molar-refractivity contribution in [3.63, 3.8) is 0 Å². The van der Waals surface area contributed by atoms with E-state index < -0.39 is 29.1 Å². The van der Waals surface area contributed by atoms with Crippen LogP contribution in [0, 0.1) is 0 Å². The minimum Gasteiger partial charge on any atom is -0.458 e. The van der Waals surface area contributed by atoms with Gasteiger partial charge in [0.05, 0.1) is 12.2 Å². The number of rotatable bonds is 5. The molecule has 0 radical (unpaired) electrons. The molecule has 0 bridgehead atoms. The molecule has 0 spiro atoms. The van der Waals surface area contributed by atoms with E-state index in [0.29, 0.717) is 10.6 Å². The molecule has 0 aliphatic carbocycles. The zero-order chi connectivity index (χ0) is 20.8. The number of ether oxygens (including phenoxy) is 2. The van der Waals surface area contributed by atoms with Gasteiger partial charge in [-0.1, -0.05) is 17.7 Å². The molecule has 0 saturated carbocycles. The molecular formula is C19H27ClN2O4S. The lowest BCUT2D eigenvalue weighted by Gasteiger charge is -2.28. The number of benzene rings is 1. The smallest absolute Gasteiger partial charge is 0.331 e. The van der Waals surface area contributed by atoms with Gasteiger partial charge in [0.25, 0.3) is 5.91 Å². The zero-order valence-electron chi connectivity index (χ0n) is 16.5. The first-order valence-corrected chi connectivity index (χ1v) is 9.30. The molecule has 1 unspecified atom stereocenters. The molecule has 0 saturated heterocycles. The Kier molecular flexibility index (Phi) is 8.20. The normalized spacial score (nSPS) is 12.9. The number of hydrogen-bond acceptors (Lipinski definition) is 5. The fraction of sp³-hybridized carbons (Fsp3) is 0.526. The summed E-state index contributed by atoms with van der Waals surface area (Å²) in [4.78, 5) is 24.7. The molecule has 1 aromatic carbocycles. The van der Waals surface area contributed by atoms with Crippen LogP contribution in [0.5, 0.6) is 0 Å². The van der Waals surface area contributed by atoms with Crippen molar-refractivity contribution in [2.24, 2.45) is 0 Å². The van der Waals surface area contributed by atoms with Gasteiger partial charge in [-0.15, -0.1) is 0 Å². The van der Waals surface area contributed by atoms with Crippen molar-refractivity contribution in [1.29, 1.82) is 0 Å². The third-order valence-electron chi connectivity index (χ3n) is 2.99. The molecule has 2 N–H and O–H groups in total. The first kappa shape index (κ1) is 23.3. The average Bonchev–Trinajstić information content (AvgIpc) is 2.48. The van der Waals surface area contributed by atoms with E-state index in [1.54, 1.807) is 39.0 Å². The third-order valence-corrected chi connectivity index (χ3v) is 3.45. The van der Waals surface area contributed by atoms with E-state index >= 15 is 0 Å². The predicted molar refractivity (Wildman–Crippen MR) is 110 cm³/mol. The standard InChI is InChI=1S/C19H27ClN2O4S/c1-18(2,3)25-11-14(16(24)26-19(4,5)6)21-17(27)22-15(23)12-8-7-9-13(20)10-12/h7-10,14H,11H2,1-6H3,(H2,21,22,23,27). The summed E-state index contributed by atoms with van der Waals surface area (Å²) in [5, 5.41) is 5.75. The van der Waals surface area contributed by atoms with Gasteiger partial charge in [0.2, 0.25) is 0 Å². The Hall–Kier alpha value is -1.70. The van der Waals surface area contributed by atoms with Gasteiger partial charge >= 0.3 is 5.97 Å². The molecule has 27 heavy (non-hydrogen) atoms. The minimum atomic E-state index is -0.865. The van der Waals surface area contributed by atoms with Crippen LogP contribution in [0.25, 0.3) is 0 Å². The van der Waals surface area contributed by atoms with Crippen LogP contribution >= 0.6 is 23.8 Å². The highest BCUT2D eigenvalue weighted by Crippen LogP contribution is 2.12. The van der Waals surface area contributed by atoms with E-state index in [9.17, 15) is 9.59 Å². The van der Waals surface area contributed by atoms with Crippen molar-refractivity contribution in [3.05, 3.63) is 34.9 Å². The lowest BCUT2D eigenvalue weighted by molar-refractivity contribution is -0.160. The molecule has 1 aromatic rings. The summed E-state index contributed by atoms with van der Waals surface area (Å²) in [6, 6.07) is 5.59. The molecule has 0 heterocycles. The van der Waals surface area contributed by atoms with Gasteiger partial charge in [0.15, 0.2) is 5.11 Å². The predicted octanol–water partition coefficient (Wildman–Crippen LogP) is 3.47. The summed E-state index contributed by atoms with van der Waals surface area (Å²) in [6.45, 7) is 11.0. The number of carbonyl (C=O) groups is 2. The first-order chi connectivity index (χ1) is 12.3. The molecule has 0 aliphatic heterocycles. The molecular weight excluding hydrogens is 388 g/mol. The summed E-state index contributed by atoms with van der Waals surface area (Å²) in [5.74, 6) is -0.958. The van der Waals surface area contributed by atoms with Gasteiger partial charge in [0.1, 0.15) is 11.6 Å². The third kappa shape index (κ3) is 9.70. The Morgan fingerprint density at radius 2 is 1.78 bits per heavy atom. The molecule has 1 rings (SSSR count). The summed E-state index contributed by atoms with van der Waals surface area (Å²) in [5.41, 5.74) is -0.760. The Morgan fingerprint density at radius 3 is 2.30 bits per heavy atom. The highest BCUT2D eigenvalue weighted by molar-refractivity contribution is 7.80. The van der Waals surface area contributed by atoms with Crippen molar-refractivity contribution in [1.82, 2.24) is 10.6 Å². The quantitative estimate of drug-likeness (QED) is 0.567. The second kappa shape index (κ2) is 9.48. The fourth-order valence-corrected chi connectivity index (χ4v) is 2.30. The van der Waals surface area contributed by atoms with Gasteiger partial charge < -0.3 is 14.8 Å². The minimum absolute atomic E-state index is 0.00616. The fourth-order valence-electron chi connectivity index (χ4n) is 1.87. The van der Waals surface area contributed by atoms with Crippen LogP contribution < -0.4 is 10.6 Å². The Balaban J connectivity index is 2.78. The molecule has 6 nitrogen and oxygen atoms in total. The number of hydrogen-bond donors (Lipinski definition) is 2. The average molecular weight is 415 g/mol. The van der Waals surface area contributed by atoms with E-state index in [1.807, 2.05) is 20.8 Å². The van der Waals surface area contributed by atoms with Crippen molar-refractivity contribution in [2.45, 2.75) is 58.8 Å². The summed E-state index contributed by atoms with van der Waals surface area (Å²) in [6.07, 6.45) is 0. The summed E-state index contributed by atoms with van der Waals surface area (Å²) >= 11 is 11.1. The summed E-state index contributed by atoms with van der Waals surface area (Å²) < 4.78 is 11.1. The number of amides is 1. The number of nitrogens with one attached hydrogen (secondary N) is 2. The van der Waals surface area contributed by atoms with Gasteiger partial charge in [-0.2, -0.15) is 0 Å². The van der Waals surface area contributed by atoms with Crippen LogP contribution in [0.4, 0.5) is 0 Å². The van der Waals surface area contributed by atoms with Crippen LogP contribution in [0.2, 0.25) is 5.02 Å². The highest BCUT2D eigenvalue weighted by Gasteiger charge is 2.28. The van der Waals surface area contributed by atoms with Crippen LogP contribution in [-0.4, -0.2) is 40.8 Å². The maximum absolute atomic E-state index is 12.5. The maximum atomic E-state index is 12.5. The van der Waals surface area contributed by atoms with Gasteiger partial charge in [-0.25, -0.2) is 4.79 Å². The SMILES string of the molecule is CC(C)(C)OCC(NC(=S)NC(=O)c1cccc(Cl)c1)C(=O)OC(C)(C)C. The van der Waals surface area contributed by atoms with Crippen LogP contribution in [0.15, 0.2) is 24.3 Å². The zero-order valence-corrected chi connectivity index (χ0v) is 18.1. The maximum Gasteiger partial charge on any atom is 0.331 e. The largest absolute Gasteiger partial charge is 0.458 e. The number of halogens is 1. The van der Waals surface area contributed by atoms with Crippen molar-refractivity contribution in [2.75, 3.05) is 6.61 Å². The summed E-state index contributed by atoms with van der Waals surface area (Å²) in [7, 11) is 0. The molecule has 0 fully saturated rings. The molecule has 1 amide bonds. The van der Waals surface area contributed by atoms with Crippen molar-refractivity contribution in [3.8, 4) is 0 Å². The topological polar surface area (TPSA) is 76.7 Å². The number of carbonyl (C=O) groups excluding carboxylic acids is 2. The van der Waals surface area contributed by atoms with E-state index in [1.165, 1.54) is 6.07 Å². The Labute approximate surface area is 170 Å². The highest BCUT2D eigenvalue weighted by atomic mass is 35.5. The van der Waals surface area contributed by atoms with E-state index in [4.69, 9.17) is 33.3 Å². The molecule has 1 atom stereocenters. The Morgan fingerprint density at radius 1 is 1.15 bits per heavy atom. The molecule has 0 aliphatic rings. The second-order valence-corrected chi connectivity index (χ2v) is 8.79. The molecule has 150 valence electrons. The first-order valence-electron chi connectivity index (χ1n) is 8.51. The lowest BCUT2D eigenvalue weighted by Crippen LogP contribution is -2.52. The van der Waals surface area contributed by atoms with Crippen LogP contribution in [-0.2, 0) is 14.3 Å². The van der Waals surface area contributed by atoms with Crippen molar-refractivity contribution >= 4 is 40.8 Å². The van der Waals surface area contributed by atoms with Gasteiger partial charge in [0, 0.05) is 10.6 Å². The van der Waals surface area contributed by atoms with Crippen molar-refractivity contribution < 1.29 is 19.1 Å². The monoisotopic (exact) mass is 414 g/mol. The van der Waals surface area contributed by atoms with Crippen LogP contribution in [0.3, 0.4) is 0 Å². The Bertz CT molecular complexity index is 696. The van der Waals surface area contributed by atoms with Crippen LogP contribution in [0.1, 0.15) is 51.9 Å². The van der Waals surface area contributed by atoms with Gasteiger partial charge in [-0.3, -0.25) is 10.1 Å².